The minimum atomic E-state index is -0.431. The minimum Gasteiger partial charge on any atom is -0.311 e. The van der Waals surface area contributed by atoms with E-state index in [1.807, 2.05) is 23.1 Å². The molecule has 0 saturated carbocycles. The summed E-state index contributed by atoms with van der Waals surface area (Å²) in [6.07, 6.45) is 1.03. The molecular formula is C19H20N2O. The van der Waals surface area contributed by atoms with Crippen molar-refractivity contribution in [2.75, 3.05) is 20.1 Å². The molecule has 1 fully saturated rings. The lowest BCUT2D eigenvalue weighted by Crippen LogP contribution is -2.47. The Kier molecular flexibility index (Phi) is 2.88. The largest absolute Gasteiger partial charge is 0.311 e. The molecule has 0 N–H and O–H groups in total. The lowest BCUT2D eigenvalue weighted by molar-refractivity contribution is 0.0527. The molecule has 0 aliphatic carbocycles. The predicted octanol–water partition coefficient (Wildman–Crippen LogP) is 2.85. The van der Waals surface area contributed by atoms with Gasteiger partial charge in [-0.15, -0.1) is 0 Å². The number of hydrogen-bond acceptors (Lipinski definition) is 2. The van der Waals surface area contributed by atoms with Gasteiger partial charge in [0.1, 0.15) is 5.66 Å². The van der Waals surface area contributed by atoms with Gasteiger partial charge in [-0.1, -0.05) is 49.4 Å². The highest BCUT2D eigenvalue weighted by Gasteiger charge is 2.56. The van der Waals surface area contributed by atoms with Crippen LogP contribution in [0.2, 0.25) is 0 Å². The van der Waals surface area contributed by atoms with Crippen LogP contribution in [-0.4, -0.2) is 35.8 Å². The molecule has 0 bridgehead atoms. The summed E-state index contributed by atoms with van der Waals surface area (Å²) >= 11 is 0. The smallest absolute Gasteiger partial charge is 0.256 e. The first-order chi connectivity index (χ1) is 10.7. The van der Waals surface area contributed by atoms with E-state index in [-0.39, 0.29) is 5.91 Å². The van der Waals surface area contributed by atoms with E-state index in [4.69, 9.17) is 0 Å². The molecule has 22 heavy (non-hydrogen) atoms. The van der Waals surface area contributed by atoms with Crippen molar-refractivity contribution < 1.29 is 4.79 Å². The average Bonchev–Trinajstić information content (AvgIpc) is 3.04. The fourth-order valence-corrected chi connectivity index (χ4v) is 4.00. The monoisotopic (exact) mass is 292 g/mol. The molecule has 1 atom stereocenters. The third-order valence-corrected chi connectivity index (χ3v) is 5.14. The van der Waals surface area contributed by atoms with E-state index in [2.05, 4.69) is 49.2 Å². The summed E-state index contributed by atoms with van der Waals surface area (Å²) in [6, 6.07) is 16.8. The van der Waals surface area contributed by atoms with Crippen LogP contribution in [0.25, 0.3) is 0 Å². The summed E-state index contributed by atoms with van der Waals surface area (Å²) in [4.78, 5) is 17.2. The lowest BCUT2D eigenvalue weighted by Gasteiger charge is -2.38. The number of fused-ring (bicyclic) bond motifs is 3. The topological polar surface area (TPSA) is 23.6 Å². The van der Waals surface area contributed by atoms with E-state index in [9.17, 15) is 4.79 Å². The number of benzene rings is 2. The molecule has 2 aliphatic heterocycles. The van der Waals surface area contributed by atoms with Crippen LogP contribution in [0.5, 0.6) is 0 Å². The van der Waals surface area contributed by atoms with Crippen molar-refractivity contribution in [3.63, 3.8) is 0 Å². The molecule has 2 aromatic rings. The standard InChI is InChI=1S/C19H20N2O/c1-3-14-8-10-15(11-9-14)19-17-7-5-4-6-16(17)18(22)21(19)13-12-20(19)2/h4-11H,3,12-13H2,1-2H3. The predicted molar refractivity (Wildman–Crippen MR) is 86.7 cm³/mol. The third-order valence-electron chi connectivity index (χ3n) is 5.14. The molecule has 0 aromatic heterocycles. The summed E-state index contributed by atoms with van der Waals surface area (Å²) in [7, 11) is 2.11. The molecule has 0 radical (unpaired) electrons. The maximum atomic E-state index is 12.8. The molecule has 112 valence electrons. The van der Waals surface area contributed by atoms with Crippen LogP contribution in [0.15, 0.2) is 48.5 Å². The van der Waals surface area contributed by atoms with Gasteiger partial charge in [-0.2, -0.15) is 0 Å². The van der Waals surface area contributed by atoms with E-state index in [1.165, 1.54) is 11.1 Å². The number of carbonyl (C=O) groups excluding carboxylic acids is 1. The van der Waals surface area contributed by atoms with E-state index in [0.29, 0.717) is 0 Å². The highest BCUT2D eigenvalue weighted by Crippen LogP contribution is 2.48. The van der Waals surface area contributed by atoms with Gasteiger partial charge in [0.15, 0.2) is 0 Å². The second kappa shape index (κ2) is 4.68. The maximum Gasteiger partial charge on any atom is 0.256 e. The summed E-state index contributed by atoms with van der Waals surface area (Å²) < 4.78 is 0. The Morgan fingerprint density at radius 2 is 1.77 bits per heavy atom. The molecule has 3 nitrogen and oxygen atoms in total. The van der Waals surface area contributed by atoms with Gasteiger partial charge in [0.25, 0.3) is 5.91 Å². The molecule has 1 amide bonds. The van der Waals surface area contributed by atoms with Gasteiger partial charge in [-0.05, 0) is 30.7 Å². The molecule has 2 heterocycles. The van der Waals surface area contributed by atoms with Crippen molar-refractivity contribution in [1.29, 1.82) is 0 Å². The van der Waals surface area contributed by atoms with Gasteiger partial charge < -0.3 is 4.90 Å². The number of amides is 1. The zero-order valence-electron chi connectivity index (χ0n) is 13.0. The first-order valence-corrected chi connectivity index (χ1v) is 7.91. The second-order valence-electron chi connectivity index (χ2n) is 6.15. The first kappa shape index (κ1) is 13.5. The van der Waals surface area contributed by atoms with Gasteiger partial charge in [0, 0.05) is 24.2 Å². The number of carbonyl (C=O) groups is 1. The quantitative estimate of drug-likeness (QED) is 0.850. The number of nitrogens with zero attached hydrogens (tertiary/aromatic N) is 2. The van der Waals surface area contributed by atoms with Crippen LogP contribution in [-0.2, 0) is 12.1 Å². The van der Waals surface area contributed by atoms with Gasteiger partial charge in [0.05, 0.1) is 0 Å². The highest BCUT2D eigenvalue weighted by molar-refractivity contribution is 6.01. The summed E-state index contributed by atoms with van der Waals surface area (Å²) in [5.41, 5.74) is 4.03. The van der Waals surface area contributed by atoms with Crippen molar-refractivity contribution in [2.45, 2.75) is 19.0 Å². The van der Waals surface area contributed by atoms with Crippen molar-refractivity contribution in [3.8, 4) is 0 Å². The number of hydrogen-bond donors (Lipinski definition) is 0. The molecule has 1 saturated heterocycles. The summed E-state index contributed by atoms with van der Waals surface area (Å²) in [5, 5.41) is 0. The zero-order valence-corrected chi connectivity index (χ0v) is 13.0. The van der Waals surface area contributed by atoms with E-state index < -0.39 is 5.66 Å². The fourth-order valence-electron chi connectivity index (χ4n) is 4.00. The Morgan fingerprint density at radius 1 is 1.05 bits per heavy atom. The number of aryl methyl sites for hydroxylation is 1. The van der Waals surface area contributed by atoms with Crippen LogP contribution < -0.4 is 0 Å². The van der Waals surface area contributed by atoms with Crippen LogP contribution >= 0.6 is 0 Å². The normalized spacial score (nSPS) is 23.7. The molecule has 1 unspecified atom stereocenters. The van der Waals surface area contributed by atoms with E-state index in [0.717, 1.165) is 30.6 Å². The van der Waals surface area contributed by atoms with Crippen molar-refractivity contribution in [1.82, 2.24) is 9.80 Å². The van der Waals surface area contributed by atoms with Crippen LogP contribution in [0.1, 0.15) is 34.0 Å². The average molecular weight is 292 g/mol. The summed E-state index contributed by atoms with van der Waals surface area (Å²) in [5.74, 6) is 0.152. The molecule has 0 spiro atoms. The van der Waals surface area contributed by atoms with Crippen LogP contribution in [0.4, 0.5) is 0 Å². The van der Waals surface area contributed by atoms with Gasteiger partial charge >= 0.3 is 0 Å². The Balaban J connectivity index is 1.97. The third kappa shape index (κ3) is 1.52. The Labute approximate surface area is 131 Å². The van der Waals surface area contributed by atoms with E-state index in [1.54, 1.807) is 0 Å². The molecule has 3 heteroatoms. The Morgan fingerprint density at radius 3 is 2.50 bits per heavy atom. The lowest BCUT2D eigenvalue weighted by atomic mass is 9.89. The SMILES string of the molecule is CCc1ccc(C23c4ccccc4C(=O)N2CCN3C)cc1. The van der Waals surface area contributed by atoms with Gasteiger partial charge in [-0.3, -0.25) is 9.69 Å². The second-order valence-corrected chi connectivity index (χ2v) is 6.15. The van der Waals surface area contributed by atoms with Gasteiger partial charge in [-0.25, -0.2) is 0 Å². The van der Waals surface area contributed by atoms with Crippen molar-refractivity contribution in [3.05, 3.63) is 70.8 Å². The minimum absolute atomic E-state index is 0.152. The molecule has 2 aromatic carbocycles. The Bertz CT molecular complexity index is 737. The molecular weight excluding hydrogens is 272 g/mol. The zero-order chi connectivity index (χ0) is 15.3. The number of likely N-dealkylation sites (N-methyl/N-ethyl adjacent to an activating group) is 1. The highest BCUT2D eigenvalue weighted by atomic mass is 16.2. The van der Waals surface area contributed by atoms with Gasteiger partial charge in [0.2, 0.25) is 0 Å². The van der Waals surface area contributed by atoms with Crippen molar-refractivity contribution in [2.24, 2.45) is 0 Å². The Hall–Kier alpha value is -2.13. The van der Waals surface area contributed by atoms with E-state index >= 15 is 0 Å². The van der Waals surface area contributed by atoms with Crippen LogP contribution in [0, 0.1) is 0 Å². The maximum absolute atomic E-state index is 12.8. The fraction of sp³-hybridized carbons (Fsp3) is 0.316. The first-order valence-electron chi connectivity index (χ1n) is 7.91. The molecule has 2 aliphatic rings. The molecule has 4 rings (SSSR count). The van der Waals surface area contributed by atoms with Crippen LogP contribution in [0.3, 0.4) is 0 Å². The number of rotatable bonds is 2. The summed E-state index contributed by atoms with van der Waals surface area (Å²) in [6.45, 7) is 3.84. The van der Waals surface area contributed by atoms with Crippen molar-refractivity contribution >= 4 is 5.91 Å².